The summed E-state index contributed by atoms with van der Waals surface area (Å²) in [6.45, 7) is 4.40. The second kappa shape index (κ2) is 5.96. The number of primary amides is 1. The monoisotopic (exact) mass is 315 g/mol. The Labute approximate surface area is 125 Å². The molecule has 2 N–H and O–H groups in total. The number of anilines is 1. The third-order valence-electron chi connectivity index (χ3n) is 3.57. The molecule has 1 unspecified atom stereocenters. The molecule has 1 aromatic heterocycles. The van der Waals surface area contributed by atoms with E-state index in [1.54, 1.807) is 4.90 Å². The first-order valence-corrected chi connectivity index (χ1v) is 6.59. The number of nitrogens with two attached hydrogens (primary N) is 1. The topological polar surface area (TPSA) is 68.5 Å². The van der Waals surface area contributed by atoms with E-state index in [4.69, 9.17) is 10.5 Å². The number of halogens is 3. The molecule has 2 heterocycles. The van der Waals surface area contributed by atoms with Crippen LogP contribution in [0.5, 0.6) is 0 Å². The van der Waals surface area contributed by atoms with Crippen LogP contribution in [0.25, 0.3) is 5.57 Å². The van der Waals surface area contributed by atoms with Crippen molar-refractivity contribution in [2.75, 3.05) is 25.1 Å². The molecule has 2 rings (SSSR count). The predicted molar refractivity (Wildman–Crippen MR) is 75.1 cm³/mol. The van der Waals surface area contributed by atoms with Crippen molar-refractivity contribution < 1.29 is 22.7 Å². The lowest BCUT2D eigenvalue weighted by atomic mass is 10.1. The van der Waals surface area contributed by atoms with E-state index in [0.29, 0.717) is 19.5 Å². The van der Waals surface area contributed by atoms with Gasteiger partial charge in [0.25, 0.3) is 0 Å². The van der Waals surface area contributed by atoms with E-state index in [0.717, 1.165) is 6.07 Å². The minimum atomic E-state index is -4.57. The number of alkyl halides is 3. The third kappa shape index (κ3) is 3.22. The van der Waals surface area contributed by atoms with Crippen LogP contribution in [0.2, 0.25) is 0 Å². The molecule has 1 aliphatic rings. The second-order valence-electron chi connectivity index (χ2n) is 5.00. The van der Waals surface area contributed by atoms with Crippen molar-refractivity contribution in [2.45, 2.75) is 18.7 Å². The highest BCUT2D eigenvalue weighted by Gasteiger charge is 2.35. The van der Waals surface area contributed by atoms with E-state index in [1.807, 2.05) is 0 Å². The fourth-order valence-corrected chi connectivity index (χ4v) is 2.33. The van der Waals surface area contributed by atoms with Crippen molar-refractivity contribution in [3.63, 3.8) is 0 Å². The summed E-state index contributed by atoms with van der Waals surface area (Å²) >= 11 is 0. The molecule has 0 aromatic carbocycles. The molecule has 120 valence electrons. The molecule has 0 saturated carbocycles. The van der Waals surface area contributed by atoms with Gasteiger partial charge in [-0.25, -0.2) is 4.98 Å². The van der Waals surface area contributed by atoms with Gasteiger partial charge in [0.2, 0.25) is 5.91 Å². The van der Waals surface area contributed by atoms with Crippen LogP contribution in [0.4, 0.5) is 19.0 Å². The van der Waals surface area contributed by atoms with E-state index in [9.17, 15) is 18.0 Å². The van der Waals surface area contributed by atoms with Crippen LogP contribution in [-0.2, 0) is 15.7 Å². The maximum absolute atomic E-state index is 12.9. The highest BCUT2D eigenvalue weighted by Crippen LogP contribution is 2.34. The Morgan fingerprint density at radius 2 is 2.18 bits per heavy atom. The zero-order chi connectivity index (χ0) is 16.5. The van der Waals surface area contributed by atoms with Crippen molar-refractivity contribution in [2.24, 2.45) is 5.73 Å². The van der Waals surface area contributed by atoms with Crippen molar-refractivity contribution in [3.05, 3.63) is 30.0 Å². The van der Waals surface area contributed by atoms with Crippen molar-refractivity contribution in [3.8, 4) is 0 Å². The first-order valence-electron chi connectivity index (χ1n) is 6.59. The highest BCUT2D eigenvalue weighted by molar-refractivity contribution is 6.19. The van der Waals surface area contributed by atoms with Gasteiger partial charge in [0.1, 0.15) is 11.5 Å². The minimum Gasteiger partial charge on any atom is -0.380 e. The van der Waals surface area contributed by atoms with Crippen LogP contribution in [0, 0.1) is 0 Å². The van der Waals surface area contributed by atoms with Crippen molar-refractivity contribution >= 4 is 17.3 Å². The molecular weight excluding hydrogens is 299 g/mol. The molecule has 0 spiro atoms. The van der Waals surface area contributed by atoms with Gasteiger partial charge in [-0.1, -0.05) is 6.58 Å². The van der Waals surface area contributed by atoms with Crippen LogP contribution in [0.15, 0.2) is 18.7 Å². The van der Waals surface area contributed by atoms with Gasteiger partial charge in [-0.2, -0.15) is 13.2 Å². The van der Waals surface area contributed by atoms with E-state index < -0.39 is 17.8 Å². The maximum Gasteiger partial charge on any atom is 0.433 e. The predicted octanol–water partition coefficient (Wildman–Crippen LogP) is 1.82. The Kier molecular flexibility index (Phi) is 4.41. The highest BCUT2D eigenvalue weighted by atomic mass is 19.4. The summed E-state index contributed by atoms with van der Waals surface area (Å²) in [5, 5.41) is 0. The summed E-state index contributed by atoms with van der Waals surface area (Å²) in [6, 6.07) is 2.00. The molecule has 0 radical (unpaired) electrons. The largest absolute Gasteiger partial charge is 0.433 e. The first-order chi connectivity index (χ1) is 10.2. The number of ether oxygens (including phenoxy) is 1. The van der Waals surface area contributed by atoms with E-state index in [-0.39, 0.29) is 23.1 Å². The summed E-state index contributed by atoms with van der Waals surface area (Å²) in [5.74, 6) is -0.747. The summed E-state index contributed by atoms with van der Waals surface area (Å²) in [7, 11) is 1.54. The Morgan fingerprint density at radius 1 is 1.50 bits per heavy atom. The van der Waals surface area contributed by atoms with Crippen LogP contribution >= 0.6 is 0 Å². The van der Waals surface area contributed by atoms with Crippen LogP contribution in [-0.4, -0.2) is 37.2 Å². The number of pyridine rings is 1. The fraction of sp³-hybridized carbons (Fsp3) is 0.429. The molecule has 22 heavy (non-hydrogen) atoms. The van der Waals surface area contributed by atoms with Crippen molar-refractivity contribution in [1.82, 2.24) is 4.98 Å². The minimum absolute atomic E-state index is 0.0539. The molecule has 1 saturated heterocycles. The zero-order valence-electron chi connectivity index (χ0n) is 12.0. The summed E-state index contributed by atoms with van der Waals surface area (Å²) < 4.78 is 43.8. The van der Waals surface area contributed by atoms with E-state index >= 15 is 0 Å². The summed E-state index contributed by atoms with van der Waals surface area (Å²) in [4.78, 5) is 16.6. The molecule has 1 aromatic rings. The molecule has 0 bridgehead atoms. The Morgan fingerprint density at radius 3 is 2.68 bits per heavy atom. The van der Waals surface area contributed by atoms with Gasteiger partial charge in [-0.3, -0.25) is 4.79 Å². The van der Waals surface area contributed by atoms with Crippen LogP contribution < -0.4 is 10.6 Å². The van der Waals surface area contributed by atoms with Gasteiger partial charge in [-0.15, -0.1) is 0 Å². The molecule has 8 heteroatoms. The molecule has 1 amide bonds. The number of aromatic nitrogens is 1. The summed E-state index contributed by atoms with van der Waals surface area (Å²) in [5.41, 5.74) is 4.29. The van der Waals surface area contributed by atoms with E-state index in [2.05, 4.69) is 11.6 Å². The number of carbonyl (C=O) groups excluding carboxylic acids is 1. The van der Waals surface area contributed by atoms with Gasteiger partial charge < -0.3 is 15.4 Å². The standard InChI is InChI=1S/C14H16F3N3O2/c1-8(12(18)21)10-3-4-11(14(15,16)17)19-13(10)20-6-5-9(7-20)22-2/h3-4,9H,1,5-7H2,2H3,(H2,18,21). The van der Waals surface area contributed by atoms with Gasteiger partial charge in [0.15, 0.2) is 0 Å². The lowest BCUT2D eigenvalue weighted by molar-refractivity contribution is -0.141. The molecule has 1 fully saturated rings. The number of hydrogen-bond acceptors (Lipinski definition) is 4. The number of nitrogens with zero attached hydrogens (tertiary/aromatic N) is 2. The van der Waals surface area contributed by atoms with Gasteiger partial charge >= 0.3 is 6.18 Å². The first kappa shape index (κ1) is 16.3. The van der Waals surface area contributed by atoms with Gasteiger partial charge in [0.05, 0.1) is 6.10 Å². The number of hydrogen-bond donors (Lipinski definition) is 1. The Balaban J connectivity index is 2.46. The van der Waals surface area contributed by atoms with Gasteiger partial charge in [-0.05, 0) is 18.6 Å². The quantitative estimate of drug-likeness (QED) is 0.861. The average molecular weight is 315 g/mol. The Hall–Kier alpha value is -2.09. The average Bonchev–Trinajstić information content (AvgIpc) is 2.93. The van der Waals surface area contributed by atoms with Crippen molar-refractivity contribution in [1.29, 1.82) is 0 Å². The molecule has 0 aliphatic carbocycles. The molecular formula is C14H16F3N3O2. The molecule has 5 nitrogen and oxygen atoms in total. The lowest BCUT2D eigenvalue weighted by Crippen LogP contribution is -2.26. The number of amides is 1. The summed E-state index contributed by atoms with van der Waals surface area (Å²) in [6.07, 6.45) is -4.00. The third-order valence-corrected chi connectivity index (χ3v) is 3.57. The van der Waals surface area contributed by atoms with Crippen LogP contribution in [0.3, 0.4) is 0 Å². The zero-order valence-corrected chi connectivity index (χ0v) is 12.0. The number of rotatable bonds is 4. The van der Waals surface area contributed by atoms with Crippen LogP contribution in [0.1, 0.15) is 17.7 Å². The maximum atomic E-state index is 12.9. The molecule has 1 aliphatic heterocycles. The fourth-order valence-electron chi connectivity index (χ4n) is 2.33. The van der Waals surface area contributed by atoms with E-state index in [1.165, 1.54) is 13.2 Å². The SMILES string of the molecule is C=C(C(N)=O)c1ccc(C(F)(F)F)nc1N1CCC(OC)C1. The second-order valence-corrected chi connectivity index (χ2v) is 5.00. The molecule has 1 atom stereocenters. The van der Waals surface area contributed by atoms with Gasteiger partial charge in [0, 0.05) is 31.3 Å². The number of carbonyl (C=O) groups is 1. The normalized spacial score (nSPS) is 18.5. The number of methoxy groups -OCH3 is 1. The lowest BCUT2D eigenvalue weighted by Gasteiger charge is -2.22. The Bertz CT molecular complexity index is 601. The smallest absolute Gasteiger partial charge is 0.380 e.